The number of carbonyl (C=O) groups is 2. The third-order valence-corrected chi connectivity index (χ3v) is 6.81. The molecule has 1 aliphatic rings. The highest BCUT2D eigenvalue weighted by Crippen LogP contribution is 2.44. The average molecular weight is 501 g/mol. The van der Waals surface area contributed by atoms with Crippen LogP contribution in [0.4, 0.5) is 0 Å². The van der Waals surface area contributed by atoms with Crippen molar-refractivity contribution in [1.29, 1.82) is 0 Å². The summed E-state index contributed by atoms with van der Waals surface area (Å²) in [5, 5.41) is 0. The molecule has 1 fully saturated rings. The predicted octanol–water partition coefficient (Wildman–Crippen LogP) is 5.82. The first-order valence-corrected chi connectivity index (χ1v) is 12.3. The first-order valence-electron chi connectivity index (χ1n) is 12.3. The van der Waals surface area contributed by atoms with Crippen molar-refractivity contribution in [1.82, 2.24) is 0 Å². The largest absolute Gasteiger partial charge is 0.497 e. The number of benzene rings is 3. The van der Waals surface area contributed by atoms with E-state index in [1.807, 2.05) is 72.8 Å². The van der Waals surface area contributed by atoms with Crippen molar-refractivity contribution in [2.24, 2.45) is 5.92 Å². The highest BCUT2D eigenvalue weighted by atomic mass is 16.7. The Morgan fingerprint density at radius 2 is 1.54 bits per heavy atom. The molecule has 0 heterocycles. The fraction of sp³-hybridized carbons (Fsp3) is 0.290. The molecule has 1 saturated carbocycles. The van der Waals surface area contributed by atoms with E-state index in [0.29, 0.717) is 18.6 Å². The summed E-state index contributed by atoms with van der Waals surface area (Å²) in [6.45, 7) is 0.120. The van der Waals surface area contributed by atoms with Crippen LogP contribution in [0.15, 0.2) is 78.9 Å². The van der Waals surface area contributed by atoms with Crippen LogP contribution >= 0.6 is 0 Å². The normalized spacial score (nSPS) is 19.5. The van der Waals surface area contributed by atoms with Gasteiger partial charge in [-0.15, -0.1) is 0 Å². The van der Waals surface area contributed by atoms with E-state index in [0.717, 1.165) is 28.2 Å². The molecule has 0 radical (unpaired) electrons. The van der Waals surface area contributed by atoms with Gasteiger partial charge in [0.2, 0.25) is 0 Å². The predicted molar refractivity (Wildman–Crippen MR) is 142 cm³/mol. The molecule has 0 N–H and O–H groups in total. The minimum absolute atomic E-state index is 0.00146. The Bertz CT molecular complexity index is 1230. The Labute approximate surface area is 217 Å². The standard InChI is InChI=1S/C31H32O6/c1-34-20-37-27-6-4-5-23(17-27)28-18-24(22-10-14-26(36-3)15-11-22)19-30(33)31(28)29(32)16-9-21-7-12-25(35-2)13-8-21/h4-17,24,28,31H,18-20H2,1-3H3/b16-9+/t24-,28+,31?/m1/s1. The first kappa shape index (κ1) is 26.2. The Morgan fingerprint density at radius 1 is 0.865 bits per heavy atom. The molecule has 0 bridgehead atoms. The fourth-order valence-corrected chi connectivity index (χ4v) is 4.89. The zero-order chi connectivity index (χ0) is 26.2. The molecule has 0 aliphatic heterocycles. The van der Waals surface area contributed by atoms with Crippen molar-refractivity contribution in [3.8, 4) is 17.2 Å². The monoisotopic (exact) mass is 500 g/mol. The summed E-state index contributed by atoms with van der Waals surface area (Å²) in [7, 11) is 4.80. The summed E-state index contributed by atoms with van der Waals surface area (Å²) in [4.78, 5) is 27.0. The number of hydrogen-bond acceptors (Lipinski definition) is 6. The number of carbonyl (C=O) groups excluding carboxylic acids is 2. The molecule has 192 valence electrons. The maximum Gasteiger partial charge on any atom is 0.188 e. The van der Waals surface area contributed by atoms with Gasteiger partial charge in [-0.2, -0.15) is 0 Å². The second-order valence-corrected chi connectivity index (χ2v) is 9.09. The zero-order valence-electron chi connectivity index (χ0n) is 21.4. The van der Waals surface area contributed by atoms with E-state index in [-0.39, 0.29) is 30.2 Å². The van der Waals surface area contributed by atoms with Crippen LogP contribution in [-0.2, 0) is 14.3 Å². The van der Waals surface area contributed by atoms with Crippen molar-refractivity contribution in [3.05, 3.63) is 95.6 Å². The maximum absolute atomic E-state index is 13.5. The van der Waals surface area contributed by atoms with Crippen LogP contribution in [0.2, 0.25) is 0 Å². The van der Waals surface area contributed by atoms with Crippen molar-refractivity contribution >= 4 is 17.6 Å². The average Bonchev–Trinajstić information content (AvgIpc) is 2.94. The highest BCUT2D eigenvalue weighted by molar-refractivity contribution is 6.10. The Balaban J connectivity index is 1.63. The van der Waals surface area contributed by atoms with Crippen molar-refractivity contribution in [3.63, 3.8) is 0 Å². The zero-order valence-corrected chi connectivity index (χ0v) is 21.4. The molecular weight excluding hydrogens is 468 g/mol. The van der Waals surface area contributed by atoms with Crippen LogP contribution < -0.4 is 14.2 Å². The summed E-state index contributed by atoms with van der Waals surface area (Å²) < 4.78 is 21.2. The van der Waals surface area contributed by atoms with Crippen LogP contribution in [-0.4, -0.2) is 39.7 Å². The molecule has 0 spiro atoms. The second kappa shape index (κ2) is 12.4. The Hall–Kier alpha value is -3.90. The van der Waals surface area contributed by atoms with Crippen LogP contribution in [0, 0.1) is 5.92 Å². The van der Waals surface area contributed by atoms with Gasteiger partial charge in [0.15, 0.2) is 12.6 Å². The lowest BCUT2D eigenvalue weighted by molar-refractivity contribution is -0.133. The van der Waals surface area contributed by atoms with E-state index in [2.05, 4.69) is 0 Å². The third-order valence-electron chi connectivity index (χ3n) is 6.81. The van der Waals surface area contributed by atoms with Gasteiger partial charge < -0.3 is 18.9 Å². The molecule has 0 aromatic heterocycles. The van der Waals surface area contributed by atoms with Crippen molar-refractivity contribution in [2.45, 2.75) is 24.7 Å². The molecule has 6 nitrogen and oxygen atoms in total. The van der Waals surface area contributed by atoms with Crippen LogP contribution in [0.3, 0.4) is 0 Å². The molecule has 1 aliphatic carbocycles. The van der Waals surface area contributed by atoms with E-state index >= 15 is 0 Å². The van der Waals surface area contributed by atoms with Crippen LogP contribution in [0.25, 0.3) is 6.08 Å². The quantitative estimate of drug-likeness (QED) is 0.199. The van der Waals surface area contributed by atoms with E-state index in [4.69, 9.17) is 18.9 Å². The third kappa shape index (κ3) is 6.46. The molecule has 0 amide bonds. The lowest BCUT2D eigenvalue weighted by Crippen LogP contribution is -2.35. The topological polar surface area (TPSA) is 71.1 Å². The Morgan fingerprint density at radius 3 is 2.19 bits per heavy atom. The van der Waals surface area contributed by atoms with Crippen molar-refractivity contribution in [2.75, 3.05) is 28.1 Å². The van der Waals surface area contributed by atoms with Gasteiger partial charge in [-0.25, -0.2) is 0 Å². The summed E-state index contributed by atoms with van der Waals surface area (Å²) >= 11 is 0. The number of Topliss-reactive ketones (excluding diaryl/α,β-unsaturated/α-hetero) is 1. The smallest absolute Gasteiger partial charge is 0.188 e. The van der Waals surface area contributed by atoms with Gasteiger partial charge in [-0.1, -0.05) is 42.5 Å². The van der Waals surface area contributed by atoms with Gasteiger partial charge in [-0.3, -0.25) is 9.59 Å². The van der Waals surface area contributed by atoms with Gasteiger partial charge >= 0.3 is 0 Å². The van der Waals surface area contributed by atoms with E-state index in [1.165, 1.54) is 6.08 Å². The van der Waals surface area contributed by atoms with Gasteiger partial charge in [0, 0.05) is 19.4 Å². The number of allylic oxidation sites excluding steroid dienone is 1. The minimum atomic E-state index is -0.762. The summed E-state index contributed by atoms with van der Waals surface area (Å²) in [5.41, 5.74) is 2.82. The van der Waals surface area contributed by atoms with Crippen LogP contribution in [0.1, 0.15) is 41.4 Å². The summed E-state index contributed by atoms with van der Waals surface area (Å²) in [6.07, 6.45) is 4.25. The van der Waals surface area contributed by atoms with Gasteiger partial charge in [0.25, 0.3) is 0 Å². The second-order valence-electron chi connectivity index (χ2n) is 9.09. The molecule has 6 heteroatoms. The highest BCUT2D eigenvalue weighted by Gasteiger charge is 2.41. The molecule has 3 atom stereocenters. The number of ether oxygens (including phenoxy) is 4. The molecule has 3 aromatic carbocycles. The molecule has 0 saturated heterocycles. The SMILES string of the molecule is COCOc1cccc([C@@H]2C[C@@H](c3ccc(OC)cc3)CC(=O)C2C(=O)/C=C/c2ccc(OC)cc2)c1. The molecular formula is C31H32O6. The van der Waals surface area contributed by atoms with E-state index in [9.17, 15) is 9.59 Å². The molecule has 4 rings (SSSR count). The van der Waals surface area contributed by atoms with Gasteiger partial charge in [0.05, 0.1) is 20.1 Å². The molecule has 37 heavy (non-hydrogen) atoms. The Kier molecular flexibility index (Phi) is 8.75. The van der Waals surface area contributed by atoms with Gasteiger partial charge in [-0.05, 0) is 71.5 Å². The van der Waals surface area contributed by atoms with E-state index in [1.54, 1.807) is 27.4 Å². The van der Waals surface area contributed by atoms with Crippen LogP contribution in [0.5, 0.6) is 17.2 Å². The number of ketones is 2. The number of rotatable bonds is 10. The molecule has 1 unspecified atom stereocenters. The van der Waals surface area contributed by atoms with Gasteiger partial charge in [0.1, 0.15) is 23.0 Å². The lowest BCUT2D eigenvalue weighted by atomic mass is 9.67. The lowest BCUT2D eigenvalue weighted by Gasteiger charge is -2.34. The van der Waals surface area contributed by atoms with Crippen molar-refractivity contribution < 1.29 is 28.5 Å². The minimum Gasteiger partial charge on any atom is -0.497 e. The van der Waals surface area contributed by atoms with E-state index < -0.39 is 5.92 Å². The summed E-state index contributed by atoms with van der Waals surface area (Å²) in [6, 6.07) is 22.8. The fourth-order valence-electron chi connectivity index (χ4n) is 4.89. The molecule has 3 aromatic rings. The maximum atomic E-state index is 13.5. The first-order chi connectivity index (χ1) is 18.0. The summed E-state index contributed by atoms with van der Waals surface area (Å²) in [5.74, 6) is 0.856. The number of methoxy groups -OCH3 is 3. The number of hydrogen-bond donors (Lipinski definition) is 0.